The first kappa shape index (κ1) is 29.9. The number of morpholine rings is 1. The molecule has 32 heavy (non-hydrogen) atoms. The summed E-state index contributed by atoms with van der Waals surface area (Å²) in [5, 5.41) is 3.19. The molecule has 0 radical (unpaired) electrons. The van der Waals surface area contributed by atoms with Gasteiger partial charge in [-0.05, 0) is 30.7 Å². The van der Waals surface area contributed by atoms with E-state index in [0.29, 0.717) is 54.9 Å². The fourth-order valence-corrected chi connectivity index (χ4v) is 3.38. The molecule has 8 nitrogen and oxygen atoms in total. The summed E-state index contributed by atoms with van der Waals surface area (Å²) in [6.07, 6.45) is -0.145. The van der Waals surface area contributed by atoms with Crippen molar-refractivity contribution in [3.05, 3.63) is 58.4 Å². The summed E-state index contributed by atoms with van der Waals surface area (Å²) in [4.78, 5) is 14.9. The van der Waals surface area contributed by atoms with Gasteiger partial charge in [0.1, 0.15) is 11.6 Å². The highest BCUT2D eigenvalue weighted by Gasteiger charge is 2.22. The first-order chi connectivity index (χ1) is 14.0. The molecule has 2 aromatic rings. The molecule has 0 aliphatic carbocycles. The minimum absolute atomic E-state index is 0. The number of nitrogens with one attached hydrogen (secondary N) is 1. The van der Waals surface area contributed by atoms with Crippen LogP contribution in [-0.2, 0) is 11.3 Å². The Labute approximate surface area is 197 Å². The van der Waals surface area contributed by atoms with Gasteiger partial charge in [0, 0.05) is 32.2 Å². The second kappa shape index (κ2) is 14.1. The van der Waals surface area contributed by atoms with E-state index >= 15 is 0 Å². The van der Waals surface area contributed by atoms with Crippen molar-refractivity contribution in [2.45, 2.75) is 19.6 Å². The van der Waals surface area contributed by atoms with Gasteiger partial charge in [-0.3, -0.25) is 9.69 Å². The maximum Gasteiger partial charge on any atom is 0.255 e. The quantitative estimate of drug-likeness (QED) is 0.566. The number of benzene rings is 2. The summed E-state index contributed by atoms with van der Waals surface area (Å²) in [7, 11) is 0. The molecule has 2 aromatic carbocycles. The molecule has 0 aromatic heterocycles. The molecule has 1 unspecified atom stereocenters. The summed E-state index contributed by atoms with van der Waals surface area (Å²) in [5.74, 6) is -0.144. The smallest absolute Gasteiger partial charge is 0.255 e. The van der Waals surface area contributed by atoms with Crippen LogP contribution in [0.4, 0.5) is 10.1 Å². The van der Waals surface area contributed by atoms with Crippen LogP contribution in [0.5, 0.6) is 5.75 Å². The van der Waals surface area contributed by atoms with E-state index in [-0.39, 0.29) is 41.2 Å². The molecule has 1 aliphatic heterocycles. The molecule has 1 saturated heterocycles. The Morgan fingerprint density at radius 3 is 2.66 bits per heavy atom. The lowest BCUT2D eigenvalue weighted by molar-refractivity contribution is -0.0292. The number of rotatable bonds is 7. The molecule has 7 N–H and O–H groups in total. The van der Waals surface area contributed by atoms with Crippen molar-refractivity contribution < 1.29 is 29.6 Å². The molecule has 0 bridgehead atoms. The zero-order chi connectivity index (χ0) is 20.8. The van der Waals surface area contributed by atoms with Crippen LogP contribution >= 0.6 is 24.0 Å². The molecule has 180 valence electrons. The second-order valence-electron chi connectivity index (χ2n) is 6.87. The molecule has 1 aliphatic rings. The molecule has 1 amide bonds. The average Bonchev–Trinajstić information content (AvgIpc) is 2.71. The fourth-order valence-electron chi connectivity index (χ4n) is 3.22. The number of nitrogen functional groups attached to an aromatic ring is 1. The van der Waals surface area contributed by atoms with Crippen LogP contribution in [-0.4, -0.2) is 60.7 Å². The van der Waals surface area contributed by atoms with Crippen molar-refractivity contribution in [1.29, 1.82) is 0 Å². The number of hydrogen-bond acceptors (Lipinski definition) is 5. The van der Waals surface area contributed by atoms with Crippen molar-refractivity contribution in [3.63, 3.8) is 0 Å². The van der Waals surface area contributed by atoms with Crippen LogP contribution in [0.15, 0.2) is 36.4 Å². The Morgan fingerprint density at radius 1 is 1.31 bits per heavy atom. The molecule has 1 fully saturated rings. The monoisotopic (exact) mass is 493 g/mol. The number of nitrogens with two attached hydrogens (primary N) is 1. The highest BCUT2D eigenvalue weighted by molar-refractivity contribution is 6.33. The predicted molar refractivity (Wildman–Crippen MR) is 125 cm³/mol. The normalized spacial score (nSPS) is 15.5. The molecule has 1 heterocycles. The maximum atomic E-state index is 13.1. The van der Waals surface area contributed by atoms with Crippen LogP contribution in [0, 0.1) is 5.82 Å². The minimum Gasteiger partial charge on any atom is -0.493 e. The molecular formula is C21H30Cl2FN3O5. The standard InChI is InChI=1S/C21H25ClFN3O3.ClH.2H2O/c1-2-28-20-10-19(24)18(22)9-17(20)21(27)25-11-16-13-26(7-8-29-16)12-14-3-5-15(23)6-4-14;;;/h3-6,9-10,16H,2,7-8,11-13,24H2,1H3,(H,25,27);1H;2*1H2. The summed E-state index contributed by atoms with van der Waals surface area (Å²) >= 11 is 6.07. The van der Waals surface area contributed by atoms with E-state index in [1.807, 2.05) is 6.92 Å². The number of amides is 1. The number of hydrogen-bond donors (Lipinski definition) is 2. The summed E-state index contributed by atoms with van der Waals surface area (Å²) in [6.45, 7) is 5.31. The Kier molecular flexibility index (Phi) is 13.2. The van der Waals surface area contributed by atoms with Crippen molar-refractivity contribution in [2.75, 3.05) is 38.6 Å². The second-order valence-corrected chi connectivity index (χ2v) is 7.27. The Balaban J connectivity index is 0.00000320. The summed E-state index contributed by atoms with van der Waals surface area (Å²) in [6, 6.07) is 9.55. The van der Waals surface area contributed by atoms with Gasteiger partial charge in [-0.1, -0.05) is 23.7 Å². The number of nitrogens with zero attached hydrogens (tertiary/aromatic N) is 1. The maximum absolute atomic E-state index is 13.1. The lowest BCUT2D eigenvalue weighted by atomic mass is 10.1. The molecule has 0 saturated carbocycles. The third-order valence-electron chi connectivity index (χ3n) is 4.68. The lowest BCUT2D eigenvalue weighted by Crippen LogP contribution is -2.47. The van der Waals surface area contributed by atoms with Gasteiger partial charge >= 0.3 is 0 Å². The molecular weight excluding hydrogens is 464 g/mol. The van der Waals surface area contributed by atoms with Gasteiger partial charge in [0.2, 0.25) is 0 Å². The molecule has 3 rings (SSSR count). The van der Waals surface area contributed by atoms with E-state index in [1.165, 1.54) is 18.2 Å². The van der Waals surface area contributed by atoms with Crippen molar-refractivity contribution in [2.24, 2.45) is 0 Å². The summed E-state index contributed by atoms with van der Waals surface area (Å²) in [5.41, 5.74) is 7.54. The van der Waals surface area contributed by atoms with Gasteiger partial charge in [0.25, 0.3) is 5.91 Å². The van der Waals surface area contributed by atoms with Crippen LogP contribution in [0.1, 0.15) is 22.8 Å². The Hall–Kier alpha value is -2.14. The zero-order valence-corrected chi connectivity index (χ0v) is 19.3. The van der Waals surface area contributed by atoms with Gasteiger partial charge in [0.15, 0.2) is 0 Å². The third-order valence-corrected chi connectivity index (χ3v) is 5.00. The first-order valence-electron chi connectivity index (χ1n) is 9.54. The van der Waals surface area contributed by atoms with E-state index < -0.39 is 0 Å². The number of halogens is 3. The Bertz CT molecular complexity index is 858. The van der Waals surface area contributed by atoms with Crippen LogP contribution in [0.2, 0.25) is 5.02 Å². The lowest BCUT2D eigenvalue weighted by Gasteiger charge is -2.33. The zero-order valence-electron chi connectivity index (χ0n) is 17.7. The summed E-state index contributed by atoms with van der Waals surface area (Å²) < 4.78 is 24.4. The minimum atomic E-state index is -0.297. The van der Waals surface area contributed by atoms with Crippen molar-refractivity contribution in [3.8, 4) is 5.75 Å². The van der Waals surface area contributed by atoms with Crippen molar-refractivity contribution >= 4 is 35.6 Å². The number of carbonyl (C=O) groups is 1. The van der Waals surface area contributed by atoms with E-state index in [4.69, 9.17) is 26.8 Å². The van der Waals surface area contributed by atoms with Crippen LogP contribution in [0.3, 0.4) is 0 Å². The average molecular weight is 494 g/mol. The van der Waals surface area contributed by atoms with Crippen molar-refractivity contribution in [1.82, 2.24) is 10.2 Å². The number of carbonyl (C=O) groups excluding carboxylic acids is 1. The predicted octanol–water partition coefficient (Wildman–Crippen LogP) is 1.86. The van der Waals surface area contributed by atoms with Gasteiger partial charge in [-0.15, -0.1) is 12.4 Å². The molecule has 1 atom stereocenters. The van der Waals surface area contributed by atoms with Gasteiger partial charge in [-0.25, -0.2) is 4.39 Å². The Morgan fingerprint density at radius 2 is 2.00 bits per heavy atom. The van der Waals surface area contributed by atoms with Gasteiger partial charge < -0.3 is 31.5 Å². The van der Waals surface area contributed by atoms with Crippen LogP contribution in [0.25, 0.3) is 0 Å². The highest BCUT2D eigenvalue weighted by atomic mass is 35.5. The van der Waals surface area contributed by atoms with Gasteiger partial charge in [0.05, 0.1) is 35.6 Å². The fraction of sp³-hybridized carbons (Fsp3) is 0.381. The van der Waals surface area contributed by atoms with Crippen LogP contribution < -0.4 is 15.8 Å². The van der Waals surface area contributed by atoms with E-state index in [1.54, 1.807) is 18.2 Å². The topological polar surface area (TPSA) is 140 Å². The first-order valence-corrected chi connectivity index (χ1v) is 9.92. The number of ether oxygens (including phenoxy) is 2. The largest absolute Gasteiger partial charge is 0.493 e. The van der Waals surface area contributed by atoms with E-state index in [9.17, 15) is 9.18 Å². The number of anilines is 1. The highest BCUT2D eigenvalue weighted by Crippen LogP contribution is 2.29. The SMILES string of the molecule is CCOc1cc(N)c(Cl)cc1C(=O)NCC1CN(Cc2ccc(F)cc2)CCO1.Cl.O.O. The van der Waals surface area contributed by atoms with E-state index in [2.05, 4.69) is 10.2 Å². The third kappa shape index (κ3) is 8.09. The van der Waals surface area contributed by atoms with E-state index in [0.717, 1.165) is 12.1 Å². The molecule has 0 spiro atoms. The molecule has 11 heteroatoms. The van der Waals surface area contributed by atoms with Gasteiger partial charge in [-0.2, -0.15) is 0 Å².